The number of benzene rings is 3. The van der Waals surface area contributed by atoms with Crippen molar-refractivity contribution in [3.63, 3.8) is 0 Å². The standard InChI is InChI=1S/C26H18N8O6/c27-25(39)31-29-19-15-9-3-5-11-17(15)33(23(19)37)21(35)13-7-1-2-8-14(13)22(36)34-18-12-6-4-10-16(18)20(24(34)38)30-32-26(28)40/h1-12H,(H3,27,31,39)(H3,28,32,40)/b29-19-,30-20-. The van der Waals surface area contributed by atoms with E-state index in [9.17, 15) is 28.8 Å². The molecule has 14 heteroatoms. The summed E-state index contributed by atoms with van der Waals surface area (Å²) in [6.07, 6.45) is 0. The molecule has 3 aromatic rings. The second kappa shape index (κ2) is 9.94. The summed E-state index contributed by atoms with van der Waals surface area (Å²) in [5.74, 6) is -3.49. The van der Waals surface area contributed by atoms with Crippen molar-refractivity contribution < 1.29 is 28.8 Å². The van der Waals surface area contributed by atoms with Gasteiger partial charge in [0.15, 0.2) is 11.4 Å². The number of carbonyl (C=O) groups is 6. The number of fused-ring (bicyclic) bond motifs is 2. The molecule has 0 aliphatic carbocycles. The van der Waals surface area contributed by atoms with Gasteiger partial charge in [-0.1, -0.05) is 48.5 Å². The smallest absolute Gasteiger partial charge is 0.332 e. The number of hydrogen-bond acceptors (Lipinski definition) is 8. The van der Waals surface area contributed by atoms with Crippen LogP contribution in [-0.2, 0) is 9.59 Å². The van der Waals surface area contributed by atoms with Crippen LogP contribution in [-0.4, -0.2) is 47.1 Å². The third kappa shape index (κ3) is 4.20. The summed E-state index contributed by atoms with van der Waals surface area (Å²) < 4.78 is 0. The van der Waals surface area contributed by atoms with Gasteiger partial charge in [-0.05, 0) is 24.3 Å². The number of nitrogens with two attached hydrogens (primary N) is 2. The lowest BCUT2D eigenvalue weighted by Crippen LogP contribution is -2.40. The highest BCUT2D eigenvalue weighted by molar-refractivity contribution is 6.60. The highest BCUT2D eigenvalue weighted by Crippen LogP contribution is 2.33. The van der Waals surface area contributed by atoms with Crippen LogP contribution in [0.5, 0.6) is 0 Å². The van der Waals surface area contributed by atoms with Crippen molar-refractivity contribution in [3.8, 4) is 0 Å². The van der Waals surface area contributed by atoms with E-state index in [0.29, 0.717) is 0 Å². The lowest BCUT2D eigenvalue weighted by Gasteiger charge is -2.19. The van der Waals surface area contributed by atoms with Crippen molar-refractivity contribution in [2.24, 2.45) is 21.7 Å². The largest absolute Gasteiger partial charge is 0.350 e. The molecule has 6 N–H and O–H groups in total. The number of primary amides is 2. The maximum Gasteiger partial charge on any atom is 0.332 e. The first-order valence-corrected chi connectivity index (χ1v) is 11.5. The lowest BCUT2D eigenvalue weighted by molar-refractivity contribution is -0.112. The molecule has 40 heavy (non-hydrogen) atoms. The maximum absolute atomic E-state index is 13.8. The van der Waals surface area contributed by atoms with Crippen LogP contribution < -0.4 is 32.1 Å². The van der Waals surface area contributed by atoms with Gasteiger partial charge >= 0.3 is 12.1 Å². The van der Waals surface area contributed by atoms with Crippen LogP contribution in [0.25, 0.3) is 0 Å². The van der Waals surface area contributed by atoms with Gasteiger partial charge in [0.2, 0.25) is 0 Å². The van der Waals surface area contributed by atoms with Gasteiger partial charge in [0.1, 0.15) is 0 Å². The number of nitrogens with zero attached hydrogens (tertiary/aromatic N) is 4. The van der Waals surface area contributed by atoms with Crippen LogP contribution >= 0.6 is 0 Å². The molecule has 0 saturated carbocycles. The number of urea groups is 2. The molecule has 0 atom stereocenters. The van der Waals surface area contributed by atoms with Crippen molar-refractivity contribution in [1.82, 2.24) is 10.9 Å². The van der Waals surface area contributed by atoms with E-state index in [4.69, 9.17) is 11.5 Å². The number of anilines is 2. The van der Waals surface area contributed by atoms with E-state index >= 15 is 0 Å². The van der Waals surface area contributed by atoms with Crippen molar-refractivity contribution in [1.29, 1.82) is 0 Å². The molecule has 2 heterocycles. The molecule has 0 radical (unpaired) electrons. The van der Waals surface area contributed by atoms with E-state index in [-0.39, 0.29) is 45.1 Å². The summed E-state index contributed by atoms with van der Waals surface area (Å²) in [6.45, 7) is 0. The Labute approximate surface area is 224 Å². The van der Waals surface area contributed by atoms with Gasteiger partial charge in [-0.2, -0.15) is 10.2 Å². The number of imide groups is 2. The summed E-state index contributed by atoms with van der Waals surface area (Å²) in [7, 11) is 0. The van der Waals surface area contributed by atoms with E-state index in [1.807, 2.05) is 10.9 Å². The van der Waals surface area contributed by atoms with Gasteiger partial charge in [0.05, 0.1) is 22.5 Å². The van der Waals surface area contributed by atoms with Gasteiger partial charge in [-0.15, -0.1) is 0 Å². The second-order valence-electron chi connectivity index (χ2n) is 8.34. The topological polar surface area (TPSA) is 210 Å². The minimum atomic E-state index is -1.01. The van der Waals surface area contributed by atoms with Crippen LogP contribution in [0.2, 0.25) is 0 Å². The molecule has 2 aliphatic rings. The number of nitrogens with one attached hydrogen (secondary N) is 2. The fraction of sp³-hybridized carbons (Fsp3) is 0. The predicted octanol–water partition coefficient (Wildman–Crippen LogP) is 0.805. The van der Waals surface area contributed by atoms with Crippen LogP contribution in [0.15, 0.2) is 83.0 Å². The fourth-order valence-electron chi connectivity index (χ4n) is 4.34. The first-order valence-electron chi connectivity index (χ1n) is 11.5. The van der Waals surface area contributed by atoms with Crippen LogP contribution in [0.4, 0.5) is 21.0 Å². The van der Waals surface area contributed by atoms with E-state index < -0.39 is 35.7 Å². The van der Waals surface area contributed by atoms with Crippen LogP contribution in [0.1, 0.15) is 31.8 Å². The number of rotatable bonds is 4. The van der Waals surface area contributed by atoms with E-state index in [1.165, 1.54) is 48.5 Å². The molecule has 3 aromatic carbocycles. The zero-order valence-corrected chi connectivity index (χ0v) is 20.3. The molecule has 2 aliphatic heterocycles. The summed E-state index contributed by atoms with van der Waals surface area (Å²) in [6, 6.07) is 16.1. The Balaban J connectivity index is 1.56. The van der Waals surface area contributed by atoms with E-state index in [0.717, 1.165) is 9.80 Å². The van der Waals surface area contributed by atoms with Gasteiger partial charge in [-0.3, -0.25) is 19.2 Å². The molecule has 0 unspecified atom stereocenters. The van der Waals surface area contributed by atoms with Gasteiger partial charge in [-0.25, -0.2) is 30.2 Å². The Bertz CT molecular complexity index is 1590. The molecule has 0 spiro atoms. The van der Waals surface area contributed by atoms with Crippen molar-refractivity contribution in [2.75, 3.05) is 9.80 Å². The number of hydrazone groups is 2. The number of amides is 8. The van der Waals surface area contributed by atoms with Gasteiger partial charge < -0.3 is 11.5 Å². The molecule has 0 fully saturated rings. The molecule has 198 valence electrons. The van der Waals surface area contributed by atoms with E-state index in [1.54, 1.807) is 24.3 Å². The van der Waals surface area contributed by atoms with Gasteiger partial charge in [0.25, 0.3) is 23.6 Å². The third-order valence-corrected chi connectivity index (χ3v) is 5.96. The second-order valence-corrected chi connectivity index (χ2v) is 8.34. The Morgan fingerprint density at radius 1 is 0.575 bits per heavy atom. The summed E-state index contributed by atoms with van der Waals surface area (Å²) in [5, 5.41) is 7.48. The molecular formula is C26H18N8O6. The highest BCUT2D eigenvalue weighted by atomic mass is 16.2. The molecular weight excluding hydrogens is 520 g/mol. The SMILES string of the molecule is NC(=O)N/N=C1\C(=O)N(C(=O)c2ccccc2C(=O)N2C(=O)/C(=N\NC(N)=O)c3ccccc32)c2ccccc21. The monoisotopic (exact) mass is 538 g/mol. The molecule has 0 bridgehead atoms. The lowest BCUT2D eigenvalue weighted by atomic mass is 10.0. The summed E-state index contributed by atoms with van der Waals surface area (Å²) >= 11 is 0. The maximum atomic E-state index is 13.8. The average Bonchev–Trinajstić information content (AvgIpc) is 3.39. The summed E-state index contributed by atoms with van der Waals surface area (Å²) in [4.78, 5) is 78.2. The average molecular weight is 538 g/mol. The fourth-order valence-corrected chi connectivity index (χ4v) is 4.34. The molecule has 14 nitrogen and oxygen atoms in total. The summed E-state index contributed by atoms with van der Waals surface area (Å²) in [5.41, 5.74) is 14.1. The first-order chi connectivity index (χ1) is 19.2. The molecule has 5 rings (SSSR count). The molecule has 0 saturated heterocycles. The van der Waals surface area contributed by atoms with Crippen molar-refractivity contribution in [2.45, 2.75) is 0 Å². The Morgan fingerprint density at radius 2 is 0.925 bits per heavy atom. The van der Waals surface area contributed by atoms with Crippen LogP contribution in [0, 0.1) is 0 Å². The highest BCUT2D eigenvalue weighted by Gasteiger charge is 2.42. The number of hydrogen-bond donors (Lipinski definition) is 4. The van der Waals surface area contributed by atoms with Crippen molar-refractivity contribution in [3.05, 3.63) is 95.1 Å². The minimum absolute atomic E-state index is 0.166. The Kier molecular flexibility index (Phi) is 6.33. The molecule has 8 amide bonds. The Hall–Kier alpha value is -6.18. The van der Waals surface area contributed by atoms with Crippen LogP contribution in [0.3, 0.4) is 0 Å². The zero-order valence-electron chi connectivity index (χ0n) is 20.3. The number of para-hydroxylation sites is 2. The van der Waals surface area contributed by atoms with E-state index in [2.05, 4.69) is 10.2 Å². The Morgan fingerprint density at radius 3 is 1.30 bits per heavy atom. The third-order valence-electron chi connectivity index (χ3n) is 5.96. The first kappa shape index (κ1) is 25.5. The predicted molar refractivity (Wildman–Crippen MR) is 141 cm³/mol. The minimum Gasteiger partial charge on any atom is -0.350 e. The van der Waals surface area contributed by atoms with Gasteiger partial charge in [0, 0.05) is 11.1 Å². The zero-order chi connectivity index (χ0) is 28.6. The normalized spacial score (nSPS) is 15.7. The van der Waals surface area contributed by atoms with Crippen molar-refractivity contribution >= 4 is 58.5 Å². The quantitative estimate of drug-likeness (QED) is 0.279. The number of carbonyl (C=O) groups excluding carboxylic acids is 6. The molecule has 0 aromatic heterocycles.